The number of methoxy groups -OCH3 is 1. The number of aromatic nitrogens is 6. The molecule has 4 heterocycles. The summed E-state index contributed by atoms with van der Waals surface area (Å²) in [4.78, 5) is 13.4. The Labute approximate surface area is 206 Å². The summed E-state index contributed by atoms with van der Waals surface area (Å²) in [6, 6.07) is 9.48. The smallest absolute Gasteiger partial charge is 0.416 e. The maximum absolute atomic E-state index is 13.7. The van der Waals surface area contributed by atoms with Gasteiger partial charge in [-0.15, -0.1) is 0 Å². The Morgan fingerprint density at radius 2 is 1.86 bits per heavy atom. The second-order valence-corrected chi connectivity index (χ2v) is 8.86. The van der Waals surface area contributed by atoms with E-state index >= 15 is 0 Å². The zero-order valence-electron chi connectivity index (χ0n) is 20.1. The summed E-state index contributed by atoms with van der Waals surface area (Å²) < 4.78 is 50.1. The molecule has 1 aromatic carbocycles. The van der Waals surface area contributed by atoms with Gasteiger partial charge in [-0.05, 0) is 62.6 Å². The van der Waals surface area contributed by atoms with Gasteiger partial charge in [-0.2, -0.15) is 18.3 Å². The average molecular weight is 495 g/mol. The van der Waals surface area contributed by atoms with E-state index in [0.717, 1.165) is 17.4 Å². The Kier molecular flexibility index (Phi) is 6.11. The molecule has 1 aliphatic heterocycles. The van der Waals surface area contributed by atoms with Crippen LogP contribution in [-0.2, 0) is 6.18 Å². The van der Waals surface area contributed by atoms with Crippen LogP contribution in [-0.4, -0.2) is 36.4 Å². The van der Waals surface area contributed by atoms with Crippen molar-refractivity contribution in [3.63, 3.8) is 0 Å². The minimum atomic E-state index is -4.43. The van der Waals surface area contributed by atoms with Gasteiger partial charge in [-0.3, -0.25) is 0 Å². The van der Waals surface area contributed by atoms with E-state index in [1.54, 1.807) is 36.3 Å². The fraction of sp³-hybridized carbons (Fsp3) is 0.308. The van der Waals surface area contributed by atoms with Crippen LogP contribution in [0.4, 0.5) is 13.2 Å². The Bertz CT molecular complexity index is 1420. The van der Waals surface area contributed by atoms with Gasteiger partial charge in [0.2, 0.25) is 5.88 Å². The topological polar surface area (TPSA) is 70.7 Å². The van der Waals surface area contributed by atoms with Crippen molar-refractivity contribution in [2.45, 2.75) is 44.8 Å². The molecule has 10 heteroatoms. The number of pyridine rings is 1. The van der Waals surface area contributed by atoms with Crippen molar-refractivity contribution in [3.05, 3.63) is 83.1 Å². The van der Waals surface area contributed by atoms with Crippen LogP contribution in [0.5, 0.6) is 5.88 Å². The molecule has 0 saturated heterocycles. The molecule has 0 spiro atoms. The number of alkyl halides is 3. The fourth-order valence-electron chi connectivity index (χ4n) is 4.60. The van der Waals surface area contributed by atoms with E-state index in [4.69, 9.17) is 4.74 Å². The van der Waals surface area contributed by atoms with Crippen LogP contribution in [0.2, 0.25) is 0 Å². The molecule has 0 amide bonds. The molecule has 0 saturated carbocycles. The van der Waals surface area contributed by atoms with Crippen molar-refractivity contribution in [2.75, 3.05) is 7.11 Å². The number of nitrogens with zero attached hydrogens (tertiary/aromatic N) is 6. The number of hydrogen-bond donors (Lipinski definition) is 0. The zero-order valence-corrected chi connectivity index (χ0v) is 20.1. The van der Waals surface area contributed by atoms with Crippen molar-refractivity contribution < 1.29 is 17.9 Å². The molecule has 186 valence electrons. The van der Waals surface area contributed by atoms with Gasteiger partial charge in [-0.25, -0.2) is 19.6 Å². The molecule has 0 N–H and O–H groups in total. The monoisotopic (exact) mass is 494 g/mol. The first-order valence-electron chi connectivity index (χ1n) is 11.6. The third kappa shape index (κ3) is 4.50. The van der Waals surface area contributed by atoms with Gasteiger partial charge in [0, 0.05) is 12.1 Å². The first-order valence-corrected chi connectivity index (χ1v) is 11.6. The lowest BCUT2D eigenvalue weighted by Crippen LogP contribution is -2.23. The molecule has 0 bridgehead atoms. The van der Waals surface area contributed by atoms with Crippen LogP contribution in [0.1, 0.15) is 65.9 Å². The predicted molar refractivity (Wildman–Crippen MR) is 129 cm³/mol. The van der Waals surface area contributed by atoms with Gasteiger partial charge in [0.1, 0.15) is 11.5 Å². The minimum absolute atomic E-state index is 0.0417. The van der Waals surface area contributed by atoms with Crippen molar-refractivity contribution in [3.8, 4) is 11.6 Å². The summed E-state index contributed by atoms with van der Waals surface area (Å²) in [5.41, 5.74) is 1.87. The van der Waals surface area contributed by atoms with E-state index in [2.05, 4.69) is 20.1 Å². The van der Waals surface area contributed by atoms with E-state index < -0.39 is 17.7 Å². The lowest BCUT2D eigenvalue weighted by atomic mass is 9.86. The van der Waals surface area contributed by atoms with Gasteiger partial charge >= 0.3 is 6.18 Å². The average Bonchev–Trinajstić information content (AvgIpc) is 3.49. The highest BCUT2D eigenvalue weighted by atomic mass is 19.4. The van der Waals surface area contributed by atoms with Gasteiger partial charge in [0.15, 0.2) is 5.82 Å². The molecule has 4 aromatic rings. The van der Waals surface area contributed by atoms with Crippen LogP contribution >= 0.6 is 0 Å². The standard InChI is InChI=1S/C26H25F3N6O/c1-16-14-34(15-30-16)22-12-9-18(31-25(22)36-3)10-13-23-32-24-20(11-8-17(2)35(24)33-23)19-6-4-5-7-21(19)26(27,28)29/h4-7,9-10,12-15,17,20H,8,11H2,1-3H3/b13-10+/t17-,20-/m0/s1. The highest BCUT2D eigenvalue weighted by Crippen LogP contribution is 2.42. The number of rotatable bonds is 5. The Balaban J connectivity index is 1.46. The third-order valence-corrected chi connectivity index (χ3v) is 6.37. The maximum Gasteiger partial charge on any atom is 0.416 e. The number of fused-ring (bicyclic) bond motifs is 1. The number of aryl methyl sites for hydroxylation is 1. The number of halogens is 3. The number of benzene rings is 1. The molecule has 7 nitrogen and oxygen atoms in total. The summed E-state index contributed by atoms with van der Waals surface area (Å²) in [7, 11) is 1.55. The van der Waals surface area contributed by atoms with Crippen molar-refractivity contribution in [1.82, 2.24) is 29.3 Å². The molecule has 2 atom stereocenters. The first-order chi connectivity index (χ1) is 17.2. The second-order valence-electron chi connectivity index (χ2n) is 8.86. The van der Waals surface area contributed by atoms with E-state index in [0.29, 0.717) is 36.1 Å². The van der Waals surface area contributed by atoms with Gasteiger partial charge in [0.25, 0.3) is 0 Å². The van der Waals surface area contributed by atoms with Crippen LogP contribution < -0.4 is 4.74 Å². The summed E-state index contributed by atoms with van der Waals surface area (Å²) in [5, 5.41) is 4.59. The molecule has 36 heavy (non-hydrogen) atoms. The van der Waals surface area contributed by atoms with Gasteiger partial charge in [-0.1, -0.05) is 18.2 Å². The molecule has 5 rings (SSSR count). The van der Waals surface area contributed by atoms with E-state index in [9.17, 15) is 13.2 Å². The minimum Gasteiger partial charge on any atom is -0.479 e. The molecule has 0 aliphatic carbocycles. The van der Waals surface area contributed by atoms with Crippen molar-refractivity contribution >= 4 is 12.2 Å². The van der Waals surface area contributed by atoms with Gasteiger partial charge < -0.3 is 9.30 Å². The summed E-state index contributed by atoms with van der Waals surface area (Å²) in [5.74, 6) is 0.915. The van der Waals surface area contributed by atoms with E-state index in [-0.39, 0.29) is 11.6 Å². The molecular formula is C26H25F3N6O. The molecule has 1 aliphatic rings. The van der Waals surface area contributed by atoms with Crippen molar-refractivity contribution in [1.29, 1.82) is 0 Å². The SMILES string of the molecule is COc1nc(/C=C/c2nc3n(n2)[C@@H](C)CC[C@H]3c2ccccc2C(F)(F)F)ccc1-n1cnc(C)c1. The number of hydrogen-bond acceptors (Lipinski definition) is 5. The van der Waals surface area contributed by atoms with Crippen LogP contribution in [0.15, 0.2) is 48.9 Å². The lowest BCUT2D eigenvalue weighted by molar-refractivity contribution is -0.138. The summed E-state index contributed by atoms with van der Waals surface area (Å²) >= 11 is 0. The normalized spacial score (nSPS) is 17.9. The zero-order chi connectivity index (χ0) is 25.4. The Hall–Kier alpha value is -3.95. The third-order valence-electron chi connectivity index (χ3n) is 6.37. The van der Waals surface area contributed by atoms with Gasteiger partial charge in [0.05, 0.1) is 36.4 Å². The Morgan fingerprint density at radius 1 is 1.06 bits per heavy atom. The first kappa shape index (κ1) is 23.8. The Morgan fingerprint density at radius 3 is 2.58 bits per heavy atom. The van der Waals surface area contributed by atoms with Crippen LogP contribution in [0.3, 0.4) is 0 Å². The summed E-state index contributed by atoms with van der Waals surface area (Å²) in [6.45, 7) is 3.90. The number of ether oxygens (including phenoxy) is 1. The highest BCUT2D eigenvalue weighted by molar-refractivity contribution is 5.65. The predicted octanol–water partition coefficient (Wildman–Crippen LogP) is 5.85. The molecular weight excluding hydrogens is 469 g/mol. The lowest BCUT2D eigenvalue weighted by Gasteiger charge is -2.28. The largest absolute Gasteiger partial charge is 0.479 e. The maximum atomic E-state index is 13.7. The van der Waals surface area contributed by atoms with E-state index in [1.807, 2.05) is 36.7 Å². The fourth-order valence-corrected chi connectivity index (χ4v) is 4.60. The van der Waals surface area contributed by atoms with Crippen LogP contribution in [0.25, 0.3) is 17.8 Å². The number of imidazole rings is 1. The summed E-state index contributed by atoms with van der Waals surface area (Å²) in [6.07, 6.45) is 3.90. The molecule has 3 aromatic heterocycles. The molecule has 0 unspecified atom stereocenters. The van der Waals surface area contributed by atoms with E-state index in [1.165, 1.54) is 12.1 Å². The highest BCUT2D eigenvalue weighted by Gasteiger charge is 2.38. The molecule has 0 radical (unpaired) electrons. The molecule has 0 fully saturated rings. The van der Waals surface area contributed by atoms with Crippen molar-refractivity contribution in [2.24, 2.45) is 0 Å². The quantitative estimate of drug-likeness (QED) is 0.348. The second kappa shape index (κ2) is 9.25. The van der Waals surface area contributed by atoms with Crippen LogP contribution in [0, 0.1) is 6.92 Å².